The quantitative estimate of drug-likeness (QED) is 0.515. The minimum absolute atomic E-state index is 0.198. The van der Waals surface area contributed by atoms with Gasteiger partial charge in [0, 0.05) is 19.0 Å². The normalized spacial score (nSPS) is 10.8. The molecule has 1 rings (SSSR count). The molecule has 1 aromatic carbocycles. The van der Waals surface area contributed by atoms with Crippen molar-refractivity contribution in [2.45, 2.75) is 25.0 Å². The fraction of sp³-hybridized carbons (Fsp3) is 0.571. The van der Waals surface area contributed by atoms with Crippen LogP contribution in [-0.2, 0) is 9.47 Å². The van der Waals surface area contributed by atoms with E-state index < -0.39 is 0 Å². The molecular formula is C14H22O4S. The standard InChI is InChI=1S/C14H22O4S/c1-5-17-14(18-6-2)10-19-13-9-11(15-3)7-8-12(13)16-4/h7-9,14H,5-6,10H2,1-4H3. The van der Waals surface area contributed by atoms with Crippen LogP contribution in [0.15, 0.2) is 23.1 Å². The van der Waals surface area contributed by atoms with E-state index in [2.05, 4.69) is 0 Å². The molecule has 0 saturated heterocycles. The molecule has 0 unspecified atom stereocenters. The predicted molar refractivity (Wildman–Crippen MR) is 77.3 cm³/mol. The van der Waals surface area contributed by atoms with E-state index in [-0.39, 0.29) is 6.29 Å². The van der Waals surface area contributed by atoms with Crippen LogP contribution in [0.5, 0.6) is 11.5 Å². The number of methoxy groups -OCH3 is 2. The SMILES string of the molecule is CCOC(CSc1cc(OC)ccc1OC)OCC. The van der Waals surface area contributed by atoms with Crippen LogP contribution in [0.1, 0.15) is 13.8 Å². The molecule has 0 spiro atoms. The molecular weight excluding hydrogens is 264 g/mol. The van der Waals surface area contributed by atoms with Crippen LogP contribution in [0.3, 0.4) is 0 Å². The molecule has 0 aliphatic carbocycles. The second-order valence-electron chi connectivity index (χ2n) is 3.67. The van der Waals surface area contributed by atoms with Gasteiger partial charge in [0.15, 0.2) is 6.29 Å². The van der Waals surface area contributed by atoms with E-state index in [1.165, 1.54) is 0 Å². The van der Waals surface area contributed by atoms with Crippen molar-refractivity contribution in [3.8, 4) is 11.5 Å². The number of rotatable bonds is 9. The molecule has 0 atom stereocenters. The molecule has 0 saturated carbocycles. The van der Waals surface area contributed by atoms with Gasteiger partial charge < -0.3 is 18.9 Å². The Morgan fingerprint density at radius 3 is 2.26 bits per heavy atom. The van der Waals surface area contributed by atoms with Crippen molar-refractivity contribution in [2.75, 3.05) is 33.2 Å². The topological polar surface area (TPSA) is 36.9 Å². The van der Waals surface area contributed by atoms with Gasteiger partial charge in [0.2, 0.25) is 0 Å². The Hall–Kier alpha value is -0.910. The highest BCUT2D eigenvalue weighted by molar-refractivity contribution is 7.99. The van der Waals surface area contributed by atoms with Crippen molar-refractivity contribution in [1.82, 2.24) is 0 Å². The first-order valence-corrected chi connectivity index (χ1v) is 7.31. The Morgan fingerprint density at radius 2 is 1.74 bits per heavy atom. The first-order chi connectivity index (χ1) is 9.24. The first kappa shape index (κ1) is 16.1. The highest BCUT2D eigenvalue weighted by atomic mass is 32.2. The maximum absolute atomic E-state index is 5.52. The number of thioether (sulfide) groups is 1. The van der Waals surface area contributed by atoms with Gasteiger partial charge in [0.25, 0.3) is 0 Å². The molecule has 0 fully saturated rings. The number of hydrogen-bond donors (Lipinski definition) is 0. The van der Waals surface area contributed by atoms with Gasteiger partial charge in [0.1, 0.15) is 11.5 Å². The van der Waals surface area contributed by atoms with Crippen molar-refractivity contribution in [3.05, 3.63) is 18.2 Å². The van der Waals surface area contributed by atoms with Gasteiger partial charge in [-0.3, -0.25) is 0 Å². The smallest absolute Gasteiger partial charge is 0.166 e. The lowest BCUT2D eigenvalue weighted by atomic mass is 10.3. The van der Waals surface area contributed by atoms with E-state index in [1.54, 1.807) is 26.0 Å². The molecule has 5 heteroatoms. The summed E-state index contributed by atoms with van der Waals surface area (Å²) in [6.07, 6.45) is -0.198. The number of hydrogen-bond acceptors (Lipinski definition) is 5. The lowest BCUT2D eigenvalue weighted by Crippen LogP contribution is -2.20. The van der Waals surface area contributed by atoms with Gasteiger partial charge in [0.05, 0.1) is 19.1 Å². The van der Waals surface area contributed by atoms with Gasteiger partial charge in [-0.1, -0.05) is 0 Å². The Kier molecular flexibility index (Phi) is 7.70. The Morgan fingerprint density at radius 1 is 1.05 bits per heavy atom. The zero-order valence-corrected chi connectivity index (χ0v) is 12.8. The van der Waals surface area contributed by atoms with E-state index in [1.807, 2.05) is 32.0 Å². The Labute approximate surface area is 119 Å². The molecule has 108 valence electrons. The summed E-state index contributed by atoms with van der Waals surface area (Å²) in [5.74, 6) is 2.36. The molecule has 0 aromatic heterocycles. The summed E-state index contributed by atoms with van der Waals surface area (Å²) in [5, 5.41) is 0. The lowest BCUT2D eigenvalue weighted by molar-refractivity contribution is -0.120. The van der Waals surface area contributed by atoms with E-state index in [9.17, 15) is 0 Å². The Balaban J connectivity index is 2.68. The summed E-state index contributed by atoms with van der Waals surface area (Å²) in [5.41, 5.74) is 0. The van der Waals surface area contributed by atoms with Crippen LogP contribution in [0.4, 0.5) is 0 Å². The lowest BCUT2D eigenvalue weighted by Gasteiger charge is -2.17. The summed E-state index contributed by atoms with van der Waals surface area (Å²) >= 11 is 1.63. The summed E-state index contributed by atoms with van der Waals surface area (Å²) < 4.78 is 21.6. The third-order valence-corrected chi connectivity index (χ3v) is 3.52. The molecule has 0 aliphatic rings. The molecule has 0 radical (unpaired) electrons. The van der Waals surface area contributed by atoms with Crippen LogP contribution in [0, 0.1) is 0 Å². The molecule has 0 bridgehead atoms. The number of ether oxygens (including phenoxy) is 4. The predicted octanol–water partition coefficient (Wildman–Crippen LogP) is 3.20. The van der Waals surface area contributed by atoms with Crippen molar-refractivity contribution in [1.29, 1.82) is 0 Å². The average Bonchev–Trinajstić information content (AvgIpc) is 2.44. The van der Waals surface area contributed by atoms with Crippen LogP contribution >= 0.6 is 11.8 Å². The monoisotopic (exact) mass is 286 g/mol. The third kappa shape index (κ3) is 5.30. The van der Waals surface area contributed by atoms with Crippen molar-refractivity contribution >= 4 is 11.8 Å². The fourth-order valence-electron chi connectivity index (χ4n) is 1.57. The highest BCUT2D eigenvalue weighted by Gasteiger charge is 2.12. The van der Waals surface area contributed by atoms with Crippen LogP contribution in [0.25, 0.3) is 0 Å². The largest absolute Gasteiger partial charge is 0.497 e. The molecule has 0 aliphatic heterocycles. The Bertz CT molecular complexity index is 364. The minimum Gasteiger partial charge on any atom is -0.497 e. The van der Waals surface area contributed by atoms with Crippen LogP contribution in [0.2, 0.25) is 0 Å². The molecule has 1 aromatic rings. The van der Waals surface area contributed by atoms with Gasteiger partial charge in [-0.25, -0.2) is 0 Å². The van der Waals surface area contributed by atoms with Gasteiger partial charge in [-0.2, -0.15) is 0 Å². The van der Waals surface area contributed by atoms with Crippen molar-refractivity contribution in [2.24, 2.45) is 0 Å². The minimum atomic E-state index is -0.198. The summed E-state index contributed by atoms with van der Waals surface area (Å²) in [7, 11) is 3.31. The van der Waals surface area contributed by atoms with E-state index >= 15 is 0 Å². The van der Waals surface area contributed by atoms with Gasteiger partial charge in [-0.15, -0.1) is 11.8 Å². The summed E-state index contributed by atoms with van der Waals surface area (Å²) in [4.78, 5) is 1.02. The number of benzene rings is 1. The third-order valence-electron chi connectivity index (χ3n) is 2.45. The second kappa shape index (κ2) is 9.07. The average molecular weight is 286 g/mol. The van der Waals surface area contributed by atoms with Crippen molar-refractivity contribution < 1.29 is 18.9 Å². The molecule has 19 heavy (non-hydrogen) atoms. The molecule has 4 nitrogen and oxygen atoms in total. The first-order valence-electron chi connectivity index (χ1n) is 6.33. The van der Waals surface area contributed by atoms with Gasteiger partial charge in [-0.05, 0) is 32.0 Å². The summed E-state index contributed by atoms with van der Waals surface area (Å²) in [6, 6.07) is 5.74. The zero-order valence-electron chi connectivity index (χ0n) is 12.0. The zero-order chi connectivity index (χ0) is 14.1. The van der Waals surface area contributed by atoms with Crippen LogP contribution < -0.4 is 9.47 Å². The van der Waals surface area contributed by atoms with Crippen LogP contribution in [-0.4, -0.2) is 39.5 Å². The fourth-order valence-corrected chi connectivity index (χ4v) is 2.57. The van der Waals surface area contributed by atoms with E-state index in [0.717, 1.165) is 16.4 Å². The highest BCUT2D eigenvalue weighted by Crippen LogP contribution is 2.33. The second-order valence-corrected chi connectivity index (χ2v) is 4.73. The maximum atomic E-state index is 5.52. The maximum Gasteiger partial charge on any atom is 0.166 e. The van der Waals surface area contributed by atoms with E-state index in [0.29, 0.717) is 19.0 Å². The molecule has 0 N–H and O–H groups in total. The molecule has 0 amide bonds. The van der Waals surface area contributed by atoms with Gasteiger partial charge >= 0.3 is 0 Å². The summed E-state index contributed by atoms with van der Waals surface area (Å²) in [6.45, 7) is 5.20. The molecule has 0 heterocycles. The van der Waals surface area contributed by atoms with Crippen molar-refractivity contribution in [3.63, 3.8) is 0 Å². The van der Waals surface area contributed by atoms with E-state index in [4.69, 9.17) is 18.9 Å².